The predicted octanol–water partition coefficient (Wildman–Crippen LogP) is 2.61. The van der Waals surface area contributed by atoms with Crippen LogP contribution >= 0.6 is 0 Å². The van der Waals surface area contributed by atoms with Crippen molar-refractivity contribution in [1.29, 1.82) is 5.26 Å². The maximum Gasteiger partial charge on any atom is 0.280 e. The number of hydrogen-bond donors (Lipinski definition) is 1. The molecule has 2 heterocycles. The van der Waals surface area contributed by atoms with E-state index in [1.807, 2.05) is 12.1 Å². The lowest BCUT2D eigenvalue weighted by molar-refractivity contribution is 0.102. The van der Waals surface area contributed by atoms with Crippen molar-refractivity contribution in [3.8, 4) is 17.5 Å². The molecular formula is C22H21N7O3. The van der Waals surface area contributed by atoms with Crippen LogP contribution in [0.1, 0.15) is 21.7 Å². The van der Waals surface area contributed by atoms with Gasteiger partial charge in [0.05, 0.1) is 40.7 Å². The molecule has 0 saturated heterocycles. The van der Waals surface area contributed by atoms with E-state index >= 15 is 0 Å². The van der Waals surface area contributed by atoms with Gasteiger partial charge in [0, 0.05) is 14.2 Å². The third kappa shape index (κ3) is 4.14. The molecule has 162 valence electrons. The van der Waals surface area contributed by atoms with E-state index in [0.717, 1.165) is 5.52 Å². The SMILES string of the molecule is COCCOc1ccc(-n2nc(C)c(C(=O)Nc3nc4ccc(C#N)cc4n3C)n2)cc1. The van der Waals surface area contributed by atoms with Crippen molar-refractivity contribution in [2.45, 2.75) is 6.92 Å². The number of hydrogen-bond acceptors (Lipinski definition) is 7. The van der Waals surface area contributed by atoms with E-state index in [1.165, 1.54) is 4.80 Å². The molecule has 0 fully saturated rings. The van der Waals surface area contributed by atoms with Gasteiger partial charge in [-0.15, -0.1) is 5.10 Å². The average molecular weight is 431 g/mol. The van der Waals surface area contributed by atoms with Gasteiger partial charge >= 0.3 is 0 Å². The standard InChI is InChI=1S/C22H21N7O3/c1-14-20(27-29(26-14)16-5-7-17(8-6-16)32-11-10-31-3)21(30)25-22-24-18-9-4-15(13-23)12-19(18)28(22)2/h4-9,12H,10-11H2,1-3H3,(H,24,25,30). The van der Waals surface area contributed by atoms with Gasteiger partial charge in [-0.3, -0.25) is 10.1 Å². The molecule has 10 heteroatoms. The number of ether oxygens (including phenoxy) is 2. The Bertz CT molecular complexity index is 1320. The van der Waals surface area contributed by atoms with Crippen LogP contribution < -0.4 is 10.1 Å². The summed E-state index contributed by atoms with van der Waals surface area (Å²) in [6.07, 6.45) is 0. The molecule has 0 saturated carbocycles. The van der Waals surface area contributed by atoms with Crippen LogP contribution in [0.25, 0.3) is 16.7 Å². The van der Waals surface area contributed by atoms with Gasteiger partial charge in [-0.05, 0) is 49.4 Å². The van der Waals surface area contributed by atoms with Crippen molar-refractivity contribution >= 4 is 22.9 Å². The summed E-state index contributed by atoms with van der Waals surface area (Å²) in [7, 11) is 3.39. The van der Waals surface area contributed by atoms with E-state index in [9.17, 15) is 4.79 Å². The average Bonchev–Trinajstić information content (AvgIpc) is 3.34. The molecule has 32 heavy (non-hydrogen) atoms. The summed E-state index contributed by atoms with van der Waals surface area (Å²) in [5.74, 6) is 0.632. The Balaban J connectivity index is 1.53. The highest BCUT2D eigenvalue weighted by molar-refractivity contribution is 6.03. The summed E-state index contributed by atoms with van der Waals surface area (Å²) in [6.45, 7) is 2.68. The Hall–Kier alpha value is -4.23. The van der Waals surface area contributed by atoms with E-state index in [2.05, 4.69) is 26.6 Å². The Labute approximate surface area is 184 Å². The highest BCUT2D eigenvalue weighted by Crippen LogP contribution is 2.20. The number of amides is 1. The highest BCUT2D eigenvalue weighted by Gasteiger charge is 2.19. The maximum absolute atomic E-state index is 12.9. The van der Waals surface area contributed by atoms with Crippen LogP contribution in [-0.4, -0.2) is 50.8 Å². The maximum atomic E-state index is 12.9. The summed E-state index contributed by atoms with van der Waals surface area (Å²) < 4.78 is 12.2. The van der Waals surface area contributed by atoms with Crippen LogP contribution in [0.3, 0.4) is 0 Å². The first-order valence-corrected chi connectivity index (χ1v) is 9.84. The van der Waals surface area contributed by atoms with Crippen molar-refractivity contribution < 1.29 is 14.3 Å². The summed E-state index contributed by atoms with van der Waals surface area (Å²) >= 11 is 0. The van der Waals surface area contributed by atoms with Crippen molar-refractivity contribution in [3.05, 3.63) is 59.4 Å². The number of carbonyl (C=O) groups excluding carboxylic acids is 1. The lowest BCUT2D eigenvalue weighted by atomic mass is 10.2. The minimum Gasteiger partial charge on any atom is -0.491 e. The van der Waals surface area contributed by atoms with Crippen LogP contribution in [-0.2, 0) is 11.8 Å². The Morgan fingerprint density at radius 2 is 1.94 bits per heavy atom. The fraction of sp³-hybridized carbons (Fsp3) is 0.227. The first kappa shape index (κ1) is 21.0. The summed E-state index contributed by atoms with van der Waals surface area (Å²) in [6, 6.07) is 14.5. The van der Waals surface area contributed by atoms with Crippen molar-refractivity contribution in [2.24, 2.45) is 7.05 Å². The molecule has 4 aromatic rings. The normalized spacial score (nSPS) is 10.8. The molecule has 2 aromatic heterocycles. The molecule has 1 N–H and O–H groups in total. The van der Waals surface area contributed by atoms with E-state index in [0.29, 0.717) is 47.4 Å². The van der Waals surface area contributed by atoms with Gasteiger partial charge in [-0.2, -0.15) is 15.2 Å². The number of fused-ring (bicyclic) bond motifs is 1. The number of rotatable bonds is 7. The molecule has 0 radical (unpaired) electrons. The number of methoxy groups -OCH3 is 1. The molecule has 10 nitrogen and oxygen atoms in total. The van der Waals surface area contributed by atoms with Gasteiger partial charge in [-0.1, -0.05) is 0 Å². The zero-order chi connectivity index (χ0) is 22.7. The number of carbonyl (C=O) groups is 1. The Morgan fingerprint density at radius 3 is 2.66 bits per heavy atom. The molecule has 0 atom stereocenters. The smallest absolute Gasteiger partial charge is 0.280 e. The third-order valence-electron chi connectivity index (χ3n) is 4.86. The minimum absolute atomic E-state index is 0.190. The van der Waals surface area contributed by atoms with Gasteiger partial charge < -0.3 is 14.0 Å². The molecule has 0 aliphatic heterocycles. The van der Waals surface area contributed by atoms with Crippen molar-refractivity contribution in [2.75, 3.05) is 25.6 Å². The number of benzene rings is 2. The lowest BCUT2D eigenvalue weighted by Crippen LogP contribution is -2.17. The van der Waals surface area contributed by atoms with Crippen LogP contribution in [0.4, 0.5) is 5.95 Å². The quantitative estimate of drug-likeness (QED) is 0.447. The lowest BCUT2D eigenvalue weighted by Gasteiger charge is -2.06. The second-order valence-electron chi connectivity index (χ2n) is 7.02. The highest BCUT2D eigenvalue weighted by atomic mass is 16.5. The van der Waals surface area contributed by atoms with Crippen LogP contribution in [0.5, 0.6) is 5.75 Å². The van der Waals surface area contributed by atoms with Crippen molar-refractivity contribution in [3.63, 3.8) is 0 Å². The molecule has 0 bridgehead atoms. The van der Waals surface area contributed by atoms with E-state index < -0.39 is 5.91 Å². The number of nitrogens with one attached hydrogen (secondary N) is 1. The summed E-state index contributed by atoms with van der Waals surface area (Å²) in [5, 5.41) is 20.6. The fourth-order valence-corrected chi connectivity index (χ4v) is 3.15. The van der Waals surface area contributed by atoms with Gasteiger partial charge in [0.2, 0.25) is 5.95 Å². The van der Waals surface area contributed by atoms with Gasteiger partial charge in [0.15, 0.2) is 5.69 Å². The van der Waals surface area contributed by atoms with Gasteiger partial charge in [0.1, 0.15) is 12.4 Å². The van der Waals surface area contributed by atoms with Crippen molar-refractivity contribution in [1.82, 2.24) is 24.5 Å². The zero-order valence-electron chi connectivity index (χ0n) is 17.9. The van der Waals surface area contributed by atoms with E-state index in [4.69, 9.17) is 14.7 Å². The van der Waals surface area contributed by atoms with Gasteiger partial charge in [-0.25, -0.2) is 4.98 Å². The number of anilines is 1. The second-order valence-corrected chi connectivity index (χ2v) is 7.02. The third-order valence-corrected chi connectivity index (χ3v) is 4.86. The molecule has 0 spiro atoms. The molecule has 0 aliphatic rings. The second kappa shape index (κ2) is 8.87. The monoisotopic (exact) mass is 431 g/mol. The fourth-order valence-electron chi connectivity index (χ4n) is 3.15. The number of nitriles is 1. The van der Waals surface area contributed by atoms with Crippen LogP contribution in [0, 0.1) is 18.3 Å². The molecule has 0 aliphatic carbocycles. The molecule has 1 amide bonds. The Morgan fingerprint density at radius 1 is 1.16 bits per heavy atom. The van der Waals surface area contributed by atoms with Gasteiger partial charge in [0.25, 0.3) is 5.91 Å². The first-order valence-electron chi connectivity index (χ1n) is 9.84. The molecular weight excluding hydrogens is 410 g/mol. The zero-order valence-corrected chi connectivity index (χ0v) is 17.9. The van der Waals surface area contributed by atoms with Crippen LogP contribution in [0.2, 0.25) is 0 Å². The van der Waals surface area contributed by atoms with E-state index in [1.54, 1.807) is 56.0 Å². The predicted molar refractivity (Wildman–Crippen MR) is 117 cm³/mol. The van der Waals surface area contributed by atoms with E-state index in [-0.39, 0.29) is 5.69 Å². The summed E-state index contributed by atoms with van der Waals surface area (Å²) in [4.78, 5) is 18.7. The number of nitrogens with zero attached hydrogens (tertiary/aromatic N) is 6. The first-order chi connectivity index (χ1) is 15.5. The molecule has 2 aromatic carbocycles. The topological polar surface area (TPSA) is 120 Å². The Kier molecular flexibility index (Phi) is 5.83. The molecule has 0 unspecified atom stereocenters. The number of aryl methyl sites for hydroxylation is 2. The number of aromatic nitrogens is 5. The molecule has 4 rings (SSSR count). The van der Waals surface area contributed by atoms with Crippen LogP contribution in [0.15, 0.2) is 42.5 Å². The largest absolute Gasteiger partial charge is 0.491 e. The number of imidazole rings is 1. The summed E-state index contributed by atoms with van der Waals surface area (Å²) in [5.41, 5.74) is 3.30. The minimum atomic E-state index is -0.424.